The van der Waals surface area contributed by atoms with Crippen LogP contribution in [0.25, 0.3) is 0 Å². The molecule has 0 aromatic carbocycles. The summed E-state index contributed by atoms with van der Waals surface area (Å²) in [6, 6.07) is 0.792. The van der Waals surface area contributed by atoms with E-state index >= 15 is 0 Å². The lowest BCUT2D eigenvalue weighted by molar-refractivity contribution is 0.411. The minimum Gasteiger partial charge on any atom is -0.337 e. The average molecular weight is 205 g/mol. The van der Waals surface area contributed by atoms with Crippen molar-refractivity contribution in [3.8, 4) is 0 Å². The monoisotopic (exact) mass is 205 g/mol. The molecule has 0 unspecified atom stereocenters. The van der Waals surface area contributed by atoms with Gasteiger partial charge in [0.1, 0.15) is 0 Å². The number of nitrogens with zero attached hydrogens (tertiary/aromatic N) is 2. The number of rotatable bonds is 5. The molecule has 0 aliphatic heterocycles. The molecular formula is C12H19N3. The van der Waals surface area contributed by atoms with Crippen molar-refractivity contribution < 1.29 is 0 Å². The maximum Gasteiger partial charge on any atom is 0.0945 e. The molecule has 3 nitrogen and oxygen atoms in total. The normalized spacial score (nSPS) is 21.2. The van der Waals surface area contributed by atoms with E-state index in [9.17, 15) is 0 Å². The quantitative estimate of drug-likeness (QED) is 0.793. The fourth-order valence-corrected chi connectivity index (χ4v) is 2.41. The smallest absolute Gasteiger partial charge is 0.0945 e. The Morgan fingerprint density at radius 1 is 1.40 bits per heavy atom. The predicted octanol–water partition coefficient (Wildman–Crippen LogP) is 1.70. The number of imidazole rings is 1. The molecule has 82 valence electrons. The number of nitrogens with one attached hydrogen (secondary N) is 1. The summed E-state index contributed by atoms with van der Waals surface area (Å²) in [7, 11) is 2.06. The van der Waals surface area contributed by atoms with E-state index in [4.69, 9.17) is 0 Å². The third kappa shape index (κ3) is 2.07. The largest absolute Gasteiger partial charge is 0.337 e. The number of aromatic nitrogens is 2. The zero-order valence-corrected chi connectivity index (χ0v) is 9.32. The second-order valence-corrected chi connectivity index (χ2v) is 5.08. The summed E-state index contributed by atoms with van der Waals surface area (Å²) in [4.78, 5) is 4.14. The number of hydrogen-bond donors (Lipinski definition) is 1. The lowest BCUT2D eigenvalue weighted by Crippen LogP contribution is -2.33. The molecule has 0 saturated heterocycles. The molecule has 1 aromatic heterocycles. The molecule has 0 bridgehead atoms. The van der Waals surface area contributed by atoms with Gasteiger partial charge in [0.2, 0.25) is 0 Å². The summed E-state index contributed by atoms with van der Waals surface area (Å²) in [5, 5.41) is 3.73. The van der Waals surface area contributed by atoms with Crippen molar-refractivity contribution in [3.05, 3.63) is 18.2 Å². The minimum absolute atomic E-state index is 0.792. The van der Waals surface area contributed by atoms with Crippen LogP contribution in [-0.4, -0.2) is 15.6 Å². The molecular weight excluding hydrogens is 186 g/mol. The lowest BCUT2D eigenvalue weighted by atomic mass is 10.1. The van der Waals surface area contributed by atoms with E-state index in [0.29, 0.717) is 0 Å². The van der Waals surface area contributed by atoms with Crippen molar-refractivity contribution in [2.75, 3.05) is 0 Å². The molecule has 2 fully saturated rings. The van der Waals surface area contributed by atoms with E-state index in [-0.39, 0.29) is 0 Å². The standard InChI is InChI=1S/C12H19N3/c1-15-8-13-6-11(15)7-14-12(9-2-3-9)10-4-5-10/h6,8-10,12,14H,2-5,7H2,1H3. The number of aryl methyl sites for hydroxylation is 1. The number of hydrogen-bond acceptors (Lipinski definition) is 2. The van der Waals surface area contributed by atoms with E-state index < -0.39 is 0 Å². The second kappa shape index (κ2) is 3.63. The van der Waals surface area contributed by atoms with Crippen LogP contribution in [0.2, 0.25) is 0 Å². The summed E-state index contributed by atoms with van der Waals surface area (Å²) in [5.41, 5.74) is 1.29. The van der Waals surface area contributed by atoms with Gasteiger partial charge in [-0.2, -0.15) is 0 Å². The third-order valence-corrected chi connectivity index (χ3v) is 3.70. The summed E-state index contributed by atoms with van der Waals surface area (Å²) >= 11 is 0. The molecule has 2 aliphatic carbocycles. The summed E-state index contributed by atoms with van der Waals surface area (Å²) in [5.74, 6) is 1.96. The van der Waals surface area contributed by atoms with Crippen LogP contribution in [0.5, 0.6) is 0 Å². The van der Waals surface area contributed by atoms with Gasteiger partial charge < -0.3 is 9.88 Å². The molecule has 0 radical (unpaired) electrons. The Bertz CT molecular complexity index is 324. The second-order valence-electron chi connectivity index (χ2n) is 5.08. The average Bonchev–Trinajstić information content (AvgIpc) is 3.11. The fourth-order valence-electron chi connectivity index (χ4n) is 2.41. The molecule has 2 aliphatic rings. The van der Waals surface area contributed by atoms with Gasteiger partial charge >= 0.3 is 0 Å². The summed E-state index contributed by atoms with van der Waals surface area (Å²) in [6.45, 7) is 0.980. The van der Waals surface area contributed by atoms with Crippen LogP contribution in [-0.2, 0) is 13.6 Å². The Balaban J connectivity index is 1.57. The molecule has 1 aromatic rings. The highest BCUT2D eigenvalue weighted by Gasteiger charge is 2.40. The highest BCUT2D eigenvalue weighted by Crippen LogP contribution is 2.44. The van der Waals surface area contributed by atoms with Crippen LogP contribution in [0.1, 0.15) is 31.4 Å². The highest BCUT2D eigenvalue weighted by molar-refractivity contribution is 5.01. The summed E-state index contributed by atoms with van der Waals surface area (Å²) < 4.78 is 2.10. The van der Waals surface area contributed by atoms with Crippen molar-refractivity contribution in [2.45, 2.75) is 38.3 Å². The van der Waals surface area contributed by atoms with Crippen molar-refractivity contribution >= 4 is 0 Å². The van der Waals surface area contributed by atoms with Gasteiger partial charge in [-0.1, -0.05) is 0 Å². The molecule has 15 heavy (non-hydrogen) atoms. The minimum atomic E-state index is 0.792. The fraction of sp³-hybridized carbons (Fsp3) is 0.750. The lowest BCUT2D eigenvalue weighted by Gasteiger charge is -2.17. The SMILES string of the molecule is Cn1cncc1CNC(C1CC1)C1CC1. The van der Waals surface area contributed by atoms with Crippen LogP contribution in [0, 0.1) is 11.8 Å². The van der Waals surface area contributed by atoms with Crippen molar-refractivity contribution in [1.82, 2.24) is 14.9 Å². The zero-order chi connectivity index (χ0) is 10.3. The van der Waals surface area contributed by atoms with Crippen LogP contribution in [0.3, 0.4) is 0 Å². The maximum absolute atomic E-state index is 4.14. The first kappa shape index (κ1) is 9.40. The Labute approximate surface area is 90.9 Å². The maximum atomic E-state index is 4.14. The summed E-state index contributed by atoms with van der Waals surface area (Å²) in [6.07, 6.45) is 9.61. The van der Waals surface area contributed by atoms with Crippen LogP contribution in [0.4, 0.5) is 0 Å². The van der Waals surface area contributed by atoms with E-state index in [1.807, 2.05) is 12.5 Å². The van der Waals surface area contributed by atoms with E-state index in [1.54, 1.807) is 0 Å². The zero-order valence-electron chi connectivity index (χ0n) is 9.32. The first-order valence-electron chi connectivity index (χ1n) is 6.03. The van der Waals surface area contributed by atoms with Crippen LogP contribution >= 0.6 is 0 Å². The van der Waals surface area contributed by atoms with Gasteiger partial charge in [-0.25, -0.2) is 4.98 Å². The first-order chi connectivity index (χ1) is 7.34. The Morgan fingerprint density at radius 2 is 2.07 bits per heavy atom. The third-order valence-electron chi connectivity index (χ3n) is 3.70. The molecule has 0 atom stereocenters. The van der Waals surface area contributed by atoms with Crippen LogP contribution < -0.4 is 5.32 Å². The Kier molecular flexibility index (Phi) is 2.28. The molecule has 0 spiro atoms. The van der Waals surface area contributed by atoms with Gasteiger partial charge in [-0.3, -0.25) is 0 Å². The van der Waals surface area contributed by atoms with Gasteiger partial charge in [-0.05, 0) is 37.5 Å². The highest BCUT2D eigenvalue weighted by atomic mass is 15.1. The molecule has 3 heteroatoms. The molecule has 1 N–H and O–H groups in total. The molecule has 1 heterocycles. The van der Waals surface area contributed by atoms with E-state index in [0.717, 1.165) is 24.4 Å². The topological polar surface area (TPSA) is 29.9 Å². The van der Waals surface area contributed by atoms with Gasteiger partial charge in [0.05, 0.1) is 12.0 Å². The van der Waals surface area contributed by atoms with Gasteiger partial charge in [0.15, 0.2) is 0 Å². The van der Waals surface area contributed by atoms with Gasteiger partial charge in [0, 0.05) is 25.8 Å². The first-order valence-corrected chi connectivity index (χ1v) is 6.03. The van der Waals surface area contributed by atoms with Gasteiger partial charge in [0.25, 0.3) is 0 Å². The van der Waals surface area contributed by atoms with Crippen molar-refractivity contribution in [1.29, 1.82) is 0 Å². The molecule has 0 amide bonds. The van der Waals surface area contributed by atoms with E-state index in [2.05, 4.69) is 21.9 Å². The molecule has 2 saturated carbocycles. The van der Waals surface area contributed by atoms with Crippen molar-refractivity contribution in [2.24, 2.45) is 18.9 Å². The Hall–Kier alpha value is -0.830. The predicted molar refractivity (Wildman–Crippen MR) is 59.3 cm³/mol. The van der Waals surface area contributed by atoms with E-state index in [1.165, 1.54) is 31.4 Å². The van der Waals surface area contributed by atoms with Crippen LogP contribution in [0.15, 0.2) is 12.5 Å². The molecule has 3 rings (SSSR count). The van der Waals surface area contributed by atoms with Gasteiger partial charge in [-0.15, -0.1) is 0 Å². The van der Waals surface area contributed by atoms with Crippen molar-refractivity contribution in [3.63, 3.8) is 0 Å². The Morgan fingerprint density at radius 3 is 2.53 bits per heavy atom.